The summed E-state index contributed by atoms with van der Waals surface area (Å²) in [5.74, 6) is 2.37. The fourth-order valence-electron chi connectivity index (χ4n) is 2.46. The lowest BCUT2D eigenvalue weighted by molar-refractivity contribution is 0.548. The molecule has 1 fully saturated rings. The SMILES string of the molecule is CCCc1cc(N2CCC(C)C2CCl)ncn1. The van der Waals surface area contributed by atoms with Gasteiger partial charge in [-0.2, -0.15) is 0 Å². The molecule has 0 spiro atoms. The van der Waals surface area contributed by atoms with Gasteiger partial charge in [0.2, 0.25) is 0 Å². The summed E-state index contributed by atoms with van der Waals surface area (Å²) in [5.41, 5.74) is 1.13. The number of aromatic nitrogens is 2. The van der Waals surface area contributed by atoms with Gasteiger partial charge in [0.05, 0.1) is 0 Å². The van der Waals surface area contributed by atoms with Crippen LogP contribution in [0.3, 0.4) is 0 Å². The fraction of sp³-hybridized carbons (Fsp3) is 0.692. The molecule has 0 bridgehead atoms. The smallest absolute Gasteiger partial charge is 0.132 e. The molecule has 0 amide bonds. The molecule has 0 radical (unpaired) electrons. The Kier molecular flexibility index (Phi) is 4.21. The van der Waals surface area contributed by atoms with Crippen LogP contribution in [-0.2, 0) is 6.42 Å². The van der Waals surface area contributed by atoms with Crippen LogP contribution in [0.1, 0.15) is 32.4 Å². The van der Waals surface area contributed by atoms with Crippen LogP contribution in [0.2, 0.25) is 0 Å². The number of hydrogen-bond acceptors (Lipinski definition) is 3. The van der Waals surface area contributed by atoms with Crippen LogP contribution >= 0.6 is 11.6 Å². The Morgan fingerprint density at radius 1 is 1.47 bits per heavy atom. The van der Waals surface area contributed by atoms with Crippen molar-refractivity contribution in [3.63, 3.8) is 0 Å². The Morgan fingerprint density at radius 2 is 2.29 bits per heavy atom. The number of aryl methyl sites for hydroxylation is 1. The monoisotopic (exact) mass is 253 g/mol. The van der Waals surface area contributed by atoms with Crippen LogP contribution in [0.25, 0.3) is 0 Å². The van der Waals surface area contributed by atoms with Crippen molar-refractivity contribution in [1.29, 1.82) is 0 Å². The number of nitrogens with zero attached hydrogens (tertiary/aromatic N) is 3. The first-order valence-electron chi connectivity index (χ1n) is 6.39. The van der Waals surface area contributed by atoms with E-state index in [1.54, 1.807) is 6.33 Å². The number of halogens is 1. The maximum Gasteiger partial charge on any atom is 0.132 e. The van der Waals surface area contributed by atoms with Gasteiger partial charge >= 0.3 is 0 Å². The van der Waals surface area contributed by atoms with Gasteiger partial charge in [-0.05, 0) is 18.8 Å². The molecule has 1 aromatic rings. The van der Waals surface area contributed by atoms with Gasteiger partial charge in [0.15, 0.2) is 0 Å². The van der Waals surface area contributed by atoms with Crippen molar-refractivity contribution in [2.45, 2.75) is 39.2 Å². The fourth-order valence-corrected chi connectivity index (χ4v) is 2.93. The highest BCUT2D eigenvalue weighted by Gasteiger charge is 2.31. The quantitative estimate of drug-likeness (QED) is 0.773. The minimum Gasteiger partial charge on any atom is -0.352 e. The molecule has 2 rings (SSSR count). The third kappa shape index (κ3) is 2.71. The first-order valence-corrected chi connectivity index (χ1v) is 6.93. The molecule has 1 aliphatic heterocycles. The highest BCUT2D eigenvalue weighted by atomic mass is 35.5. The molecule has 1 aromatic heterocycles. The summed E-state index contributed by atoms with van der Waals surface area (Å²) in [6.07, 6.45) is 5.01. The number of hydrogen-bond donors (Lipinski definition) is 0. The van der Waals surface area contributed by atoms with Crippen LogP contribution in [0.15, 0.2) is 12.4 Å². The Labute approximate surface area is 108 Å². The average Bonchev–Trinajstić information content (AvgIpc) is 2.71. The first kappa shape index (κ1) is 12.6. The number of rotatable bonds is 4. The van der Waals surface area contributed by atoms with Gasteiger partial charge in [-0.3, -0.25) is 0 Å². The second-order valence-corrected chi connectivity index (χ2v) is 5.11. The van der Waals surface area contributed by atoms with Gasteiger partial charge in [-0.15, -0.1) is 11.6 Å². The average molecular weight is 254 g/mol. The largest absolute Gasteiger partial charge is 0.352 e. The number of alkyl halides is 1. The summed E-state index contributed by atoms with van der Waals surface area (Å²) in [6, 6.07) is 2.53. The summed E-state index contributed by atoms with van der Waals surface area (Å²) in [7, 11) is 0. The van der Waals surface area contributed by atoms with E-state index in [1.165, 1.54) is 6.42 Å². The zero-order valence-corrected chi connectivity index (χ0v) is 11.3. The van der Waals surface area contributed by atoms with E-state index in [0.717, 1.165) is 30.9 Å². The Balaban J connectivity index is 2.18. The van der Waals surface area contributed by atoms with E-state index in [2.05, 4.69) is 34.8 Å². The molecule has 94 valence electrons. The van der Waals surface area contributed by atoms with Gasteiger partial charge in [0, 0.05) is 30.2 Å². The molecule has 0 aliphatic carbocycles. The molecule has 1 aliphatic rings. The minimum absolute atomic E-state index is 0.418. The van der Waals surface area contributed by atoms with Crippen molar-refractivity contribution in [2.24, 2.45) is 5.92 Å². The van der Waals surface area contributed by atoms with Crippen molar-refractivity contribution in [3.05, 3.63) is 18.1 Å². The van der Waals surface area contributed by atoms with Gasteiger partial charge in [-0.25, -0.2) is 9.97 Å². The summed E-state index contributed by atoms with van der Waals surface area (Å²) >= 11 is 6.06. The van der Waals surface area contributed by atoms with Gasteiger partial charge in [-0.1, -0.05) is 20.3 Å². The lowest BCUT2D eigenvalue weighted by Crippen LogP contribution is -2.34. The third-order valence-electron chi connectivity index (χ3n) is 3.55. The third-order valence-corrected chi connectivity index (χ3v) is 3.87. The van der Waals surface area contributed by atoms with Crippen LogP contribution in [0.4, 0.5) is 5.82 Å². The van der Waals surface area contributed by atoms with Crippen molar-refractivity contribution < 1.29 is 0 Å². The maximum atomic E-state index is 6.06. The topological polar surface area (TPSA) is 29.0 Å². The van der Waals surface area contributed by atoms with Gasteiger partial charge < -0.3 is 4.90 Å². The van der Waals surface area contributed by atoms with Crippen molar-refractivity contribution in [2.75, 3.05) is 17.3 Å². The van der Waals surface area contributed by atoms with E-state index in [-0.39, 0.29) is 0 Å². The molecule has 0 N–H and O–H groups in total. The first-order chi connectivity index (χ1) is 8.26. The molecule has 2 atom stereocenters. The van der Waals surface area contributed by atoms with E-state index in [0.29, 0.717) is 17.8 Å². The highest BCUT2D eigenvalue weighted by Crippen LogP contribution is 2.29. The molecule has 0 saturated carbocycles. The summed E-state index contributed by atoms with van der Waals surface area (Å²) in [4.78, 5) is 11.0. The van der Waals surface area contributed by atoms with Crippen LogP contribution < -0.4 is 4.90 Å². The predicted molar refractivity (Wildman–Crippen MR) is 71.7 cm³/mol. The van der Waals surface area contributed by atoms with Crippen LogP contribution in [0.5, 0.6) is 0 Å². The Morgan fingerprint density at radius 3 is 3.00 bits per heavy atom. The lowest BCUT2D eigenvalue weighted by Gasteiger charge is -2.26. The molecule has 2 unspecified atom stereocenters. The summed E-state index contributed by atoms with van der Waals surface area (Å²) in [5, 5.41) is 0. The van der Waals surface area contributed by atoms with Crippen molar-refractivity contribution >= 4 is 17.4 Å². The molecule has 1 saturated heterocycles. The molecular formula is C13H20ClN3. The molecule has 4 heteroatoms. The van der Waals surface area contributed by atoms with E-state index < -0.39 is 0 Å². The van der Waals surface area contributed by atoms with Crippen LogP contribution in [-0.4, -0.2) is 28.4 Å². The summed E-state index contributed by atoms with van der Waals surface area (Å²) < 4.78 is 0. The molecule has 2 heterocycles. The standard InChI is InChI=1S/C13H20ClN3/c1-3-4-11-7-13(16-9-15-11)17-6-5-10(2)12(17)8-14/h7,9-10,12H,3-6,8H2,1-2H3. The highest BCUT2D eigenvalue weighted by molar-refractivity contribution is 6.18. The van der Waals surface area contributed by atoms with E-state index in [9.17, 15) is 0 Å². The number of anilines is 1. The second kappa shape index (κ2) is 5.67. The summed E-state index contributed by atoms with van der Waals surface area (Å²) in [6.45, 7) is 5.49. The lowest BCUT2D eigenvalue weighted by atomic mass is 10.1. The maximum absolute atomic E-state index is 6.06. The molecule has 0 aromatic carbocycles. The molecule has 3 nitrogen and oxygen atoms in total. The second-order valence-electron chi connectivity index (χ2n) is 4.80. The van der Waals surface area contributed by atoms with Gasteiger partial charge in [0.1, 0.15) is 12.1 Å². The normalized spacial score (nSPS) is 24.3. The van der Waals surface area contributed by atoms with E-state index >= 15 is 0 Å². The molecular weight excluding hydrogens is 234 g/mol. The van der Waals surface area contributed by atoms with E-state index in [1.807, 2.05) is 0 Å². The van der Waals surface area contributed by atoms with Crippen molar-refractivity contribution in [1.82, 2.24) is 9.97 Å². The van der Waals surface area contributed by atoms with E-state index in [4.69, 9.17) is 11.6 Å². The minimum atomic E-state index is 0.418. The zero-order valence-electron chi connectivity index (χ0n) is 10.6. The molecule has 17 heavy (non-hydrogen) atoms. The zero-order chi connectivity index (χ0) is 12.3. The van der Waals surface area contributed by atoms with Crippen LogP contribution in [0, 0.1) is 5.92 Å². The van der Waals surface area contributed by atoms with Gasteiger partial charge in [0.25, 0.3) is 0 Å². The Bertz CT molecular complexity index is 369. The Hall–Kier alpha value is -0.830. The predicted octanol–water partition coefficient (Wildman–Crippen LogP) is 2.88. The van der Waals surface area contributed by atoms with Crippen molar-refractivity contribution in [3.8, 4) is 0 Å².